The molecule has 0 aliphatic rings. The number of pyridine rings is 1. The number of aromatic nitrogens is 3. The number of imidazole rings is 1. The molecule has 4 heteroatoms. The zero-order valence-corrected chi connectivity index (χ0v) is 9.93. The number of hydrogen-bond donors (Lipinski definition) is 2. The Kier molecular flexibility index (Phi) is 2.92. The molecule has 0 radical (unpaired) electrons. The summed E-state index contributed by atoms with van der Waals surface area (Å²) in [6, 6.07) is 14.1. The molecule has 2 heterocycles. The standard InChI is InChI=1S/C14H14N4/c1-2-5-11(6-3-1)15-10-8-13-17-12-7-4-9-16-14(12)18-13/h1-7,9,15H,8,10H2,(H,16,17,18). The molecule has 18 heavy (non-hydrogen) atoms. The third-order valence-electron chi connectivity index (χ3n) is 2.77. The highest BCUT2D eigenvalue weighted by Gasteiger charge is 2.02. The second-order valence-corrected chi connectivity index (χ2v) is 4.10. The first-order valence-corrected chi connectivity index (χ1v) is 6.00. The molecule has 0 spiro atoms. The summed E-state index contributed by atoms with van der Waals surface area (Å²) < 4.78 is 0. The maximum Gasteiger partial charge on any atom is 0.177 e. The number of aromatic amines is 1. The minimum atomic E-state index is 0.784. The quantitative estimate of drug-likeness (QED) is 0.734. The van der Waals surface area contributed by atoms with E-state index in [0.29, 0.717) is 0 Å². The van der Waals surface area contributed by atoms with Crippen molar-refractivity contribution >= 4 is 16.9 Å². The predicted molar refractivity (Wildman–Crippen MR) is 72.5 cm³/mol. The first kappa shape index (κ1) is 10.8. The molecule has 2 N–H and O–H groups in total. The van der Waals surface area contributed by atoms with Crippen molar-refractivity contribution in [1.29, 1.82) is 0 Å². The number of nitrogens with zero attached hydrogens (tertiary/aromatic N) is 2. The van der Waals surface area contributed by atoms with Crippen molar-refractivity contribution in [3.05, 3.63) is 54.5 Å². The van der Waals surface area contributed by atoms with Crippen molar-refractivity contribution in [2.75, 3.05) is 11.9 Å². The van der Waals surface area contributed by atoms with Gasteiger partial charge in [-0.1, -0.05) is 18.2 Å². The second-order valence-electron chi connectivity index (χ2n) is 4.10. The minimum Gasteiger partial charge on any atom is -0.385 e. The van der Waals surface area contributed by atoms with Crippen LogP contribution < -0.4 is 5.32 Å². The Balaban J connectivity index is 1.63. The Morgan fingerprint density at radius 2 is 1.94 bits per heavy atom. The van der Waals surface area contributed by atoms with Gasteiger partial charge in [0.2, 0.25) is 0 Å². The van der Waals surface area contributed by atoms with Crippen LogP contribution in [0.25, 0.3) is 11.2 Å². The maximum atomic E-state index is 4.44. The van der Waals surface area contributed by atoms with Gasteiger partial charge in [-0.25, -0.2) is 9.97 Å². The van der Waals surface area contributed by atoms with Crippen molar-refractivity contribution in [2.24, 2.45) is 0 Å². The number of fused-ring (bicyclic) bond motifs is 1. The van der Waals surface area contributed by atoms with Gasteiger partial charge in [-0.3, -0.25) is 0 Å². The number of hydrogen-bond acceptors (Lipinski definition) is 3. The van der Waals surface area contributed by atoms with E-state index in [1.807, 2.05) is 30.3 Å². The molecule has 0 fully saturated rings. The summed E-state index contributed by atoms with van der Waals surface area (Å²) in [4.78, 5) is 11.9. The molecule has 3 aromatic rings. The normalized spacial score (nSPS) is 10.7. The van der Waals surface area contributed by atoms with E-state index < -0.39 is 0 Å². The molecule has 0 aliphatic heterocycles. The Morgan fingerprint density at radius 1 is 1.06 bits per heavy atom. The number of nitrogens with one attached hydrogen (secondary N) is 2. The number of anilines is 1. The number of benzene rings is 1. The van der Waals surface area contributed by atoms with Gasteiger partial charge in [0.25, 0.3) is 0 Å². The van der Waals surface area contributed by atoms with Crippen molar-refractivity contribution in [3.63, 3.8) is 0 Å². The Morgan fingerprint density at radius 3 is 2.78 bits per heavy atom. The molecule has 0 atom stereocenters. The number of H-pyrrole nitrogens is 1. The highest BCUT2D eigenvalue weighted by Crippen LogP contribution is 2.09. The molecule has 90 valence electrons. The fourth-order valence-electron chi connectivity index (χ4n) is 1.89. The van der Waals surface area contributed by atoms with E-state index in [4.69, 9.17) is 0 Å². The SMILES string of the molecule is c1ccc(NCCc2nc3ncccc3[nH]2)cc1. The van der Waals surface area contributed by atoms with Crippen LogP contribution in [0.1, 0.15) is 5.82 Å². The van der Waals surface area contributed by atoms with Gasteiger partial charge in [0.15, 0.2) is 5.65 Å². The van der Waals surface area contributed by atoms with Crippen LogP contribution in [0.5, 0.6) is 0 Å². The molecule has 3 rings (SSSR count). The van der Waals surface area contributed by atoms with E-state index in [1.54, 1.807) is 6.20 Å². The lowest BCUT2D eigenvalue weighted by Crippen LogP contribution is -2.05. The van der Waals surface area contributed by atoms with Crippen molar-refractivity contribution in [1.82, 2.24) is 15.0 Å². The molecule has 2 aromatic heterocycles. The summed E-state index contributed by atoms with van der Waals surface area (Å²) in [5.74, 6) is 0.965. The van der Waals surface area contributed by atoms with Crippen LogP contribution in [0.2, 0.25) is 0 Å². The zero-order chi connectivity index (χ0) is 12.2. The fraction of sp³-hybridized carbons (Fsp3) is 0.143. The molecule has 0 unspecified atom stereocenters. The van der Waals surface area contributed by atoms with Gasteiger partial charge < -0.3 is 10.3 Å². The largest absolute Gasteiger partial charge is 0.385 e. The van der Waals surface area contributed by atoms with E-state index >= 15 is 0 Å². The van der Waals surface area contributed by atoms with Gasteiger partial charge in [-0.05, 0) is 24.3 Å². The summed E-state index contributed by atoms with van der Waals surface area (Å²) in [5, 5.41) is 3.36. The van der Waals surface area contributed by atoms with Gasteiger partial charge in [0.1, 0.15) is 5.82 Å². The zero-order valence-electron chi connectivity index (χ0n) is 9.93. The average Bonchev–Trinajstić information content (AvgIpc) is 2.82. The highest BCUT2D eigenvalue weighted by molar-refractivity contribution is 5.69. The smallest absolute Gasteiger partial charge is 0.177 e. The minimum absolute atomic E-state index is 0.784. The molecule has 1 aromatic carbocycles. The average molecular weight is 238 g/mol. The van der Waals surface area contributed by atoms with E-state index in [-0.39, 0.29) is 0 Å². The Labute approximate surface area is 105 Å². The van der Waals surface area contributed by atoms with Crippen LogP contribution in [0.15, 0.2) is 48.7 Å². The van der Waals surface area contributed by atoms with Crippen LogP contribution in [0, 0.1) is 0 Å². The van der Waals surface area contributed by atoms with Gasteiger partial charge >= 0.3 is 0 Å². The highest BCUT2D eigenvalue weighted by atomic mass is 15.0. The van der Waals surface area contributed by atoms with Gasteiger partial charge in [-0.2, -0.15) is 0 Å². The summed E-state index contributed by atoms with van der Waals surface area (Å²) >= 11 is 0. The lowest BCUT2D eigenvalue weighted by atomic mass is 10.3. The summed E-state index contributed by atoms with van der Waals surface area (Å²) in [6.07, 6.45) is 2.61. The molecule has 0 saturated heterocycles. The van der Waals surface area contributed by atoms with Crippen LogP contribution in [-0.4, -0.2) is 21.5 Å². The van der Waals surface area contributed by atoms with Crippen LogP contribution >= 0.6 is 0 Å². The van der Waals surface area contributed by atoms with Crippen LogP contribution in [0.3, 0.4) is 0 Å². The van der Waals surface area contributed by atoms with E-state index in [1.165, 1.54) is 0 Å². The van der Waals surface area contributed by atoms with E-state index in [0.717, 1.165) is 35.6 Å². The lowest BCUT2D eigenvalue weighted by Gasteiger charge is -2.03. The van der Waals surface area contributed by atoms with Crippen LogP contribution in [-0.2, 0) is 6.42 Å². The monoisotopic (exact) mass is 238 g/mol. The Hall–Kier alpha value is -2.36. The summed E-state index contributed by atoms with van der Waals surface area (Å²) in [5.41, 5.74) is 2.91. The maximum absolute atomic E-state index is 4.44. The van der Waals surface area contributed by atoms with E-state index in [9.17, 15) is 0 Å². The molecule has 0 amide bonds. The van der Waals surface area contributed by atoms with Crippen molar-refractivity contribution < 1.29 is 0 Å². The van der Waals surface area contributed by atoms with E-state index in [2.05, 4.69) is 32.4 Å². The molecular weight excluding hydrogens is 224 g/mol. The summed E-state index contributed by atoms with van der Waals surface area (Å²) in [6.45, 7) is 0.851. The first-order valence-electron chi connectivity index (χ1n) is 6.00. The molecule has 4 nitrogen and oxygen atoms in total. The van der Waals surface area contributed by atoms with Crippen molar-refractivity contribution in [2.45, 2.75) is 6.42 Å². The molecular formula is C14H14N4. The van der Waals surface area contributed by atoms with Gasteiger partial charge in [0, 0.05) is 24.8 Å². The molecule has 0 saturated carbocycles. The van der Waals surface area contributed by atoms with Crippen LogP contribution in [0.4, 0.5) is 5.69 Å². The molecule has 0 bridgehead atoms. The lowest BCUT2D eigenvalue weighted by molar-refractivity contribution is 0.933. The third kappa shape index (κ3) is 2.32. The molecule has 0 aliphatic carbocycles. The Bertz CT molecular complexity index is 597. The summed E-state index contributed by atoms with van der Waals surface area (Å²) in [7, 11) is 0. The second kappa shape index (κ2) is 4.87. The predicted octanol–water partition coefficient (Wildman–Crippen LogP) is 2.61. The number of rotatable bonds is 4. The van der Waals surface area contributed by atoms with Gasteiger partial charge in [0.05, 0.1) is 5.52 Å². The number of para-hydroxylation sites is 1. The topological polar surface area (TPSA) is 53.6 Å². The first-order chi connectivity index (χ1) is 8.92. The van der Waals surface area contributed by atoms with Gasteiger partial charge in [-0.15, -0.1) is 0 Å². The third-order valence-corrected chi connectivity index (χ3v) is 2.77. The van der Waals surface area contributed by atoms with Crippen molar-refractivity contribution in [3.8, 4) is 0 Å². The fourth-order valence-corrected chi connectivity index (χ4v) is 1.89.